The third-order valence-corrected chi connectivity index (χ3v) is 7.42. The number of hydrogen-bond donors (Lipinski definition) is 1. The highest BCUT2D eigenvalue weighted by Gasteiger charge is 2.37. The topological polar surface area (TPSA) is 68.1 Å². The molecule has 5 rings (SSSR count). The van der Waals surface area contributed by atoms with Crippen LogP contribution in [-0.4, -0.2) is 57.4 Å². The molecule has 1 aliphatic carbocycles. The van der Waals surface area contributed by atoms with Crippen molar-refractivity contribution in [3.63, 3.8) is 0 Å². The highest BCUT2D eigenvalue weighted by molar-refractivity contribution is 5.84. The van der Waals surface area contributed by atoms with Crippen LogP contribution in [0.3, 0.4) is 0 Å². The average molecular weight is 521 g/mol. The van der Waals surface area contributed by atoms with E-state index in [1.165, 1.54) is 0 Å². The van der Waals surface area contributed by atoms with Gasteiger partial charge in [0.2, 0.25) is 0 Å². The molecule has 1 saturated heterocycles. The molecule has 1 saturated carbocycles. The summed E-state index contributed by atoms with van der Waals surface area (Å²) in [4.78, 5) is 10.7. The molecule has 1 aliphatic heterocycles. The smallest absolute Gasteiger partial charge is 0.419 e. The Hall–Kier alpha value is -2.95. The number of halogens is 4. The van der Waals surface area contributed by atoms with Gasteiger partial charge in [-0.25, -0.2) is 14.4 Å². The number of likely N-dealkylation sites (N-methyl/N-ethyl adjacent to an activating group) is 1. The Balaban J connectivity index is 1.36. The molecule has 4 heterocycles. The van der Waals surface area contributed by atoms with Gasteiger partial charge in [0.25, 0.3) is 5.88 Å². The highest BCUT2D eigenvalue weighted by atomic mass is 19.4. The van der Waals surface area contributed by atoms with Gasteiger partial charge in [-0.1, -0.05) is 0 Å². The molecule has 1 N–H and O–H groups in total. The first-order valence-electron chi connectivity index (χ1n) is 12.9. The van der Waals surface area contributed by atoms with Crippen LogP contribution in [0.2, 0.25) is 0 Å². The van der Waals surface area contributed by atoms with Crippen LogP contribution >= 0.6 is 0 Å². The molecular formula is C26H32F4N6O. The lowest BCUT2D eigenvalue weighted by molar-refractivity contribution is -0.140. The average Bonchev–Trinajstić information content (AvgIpc) is 3.24. The van der Waals surface area contributed by atoms with Crippen molar-refractivity contribution in [2.75, 3.05) is 32.0 Å². The lowest BCUT2D eigenvalue weighted by Gasteiger charge is -2.30. The maximum absolute atomic E-state index is 14.4. The number of nitrogens with zero attached hydrogens (tertiary/aromatic N) is 5. The summed E-state index contributed by atoms with van der Waals surface area (Å²) < 4.78 is 61.3. The zero-order chi connectivity index (χ0) is 26.2. The van der Waals surface area contributed by atoms with Crippen molar-refractivity contribution in [2.45, 2.75) is 69.7 Å². The molecule has 37 heavy (non-hydrogen) atoms. The molecule has 0 amide bonds. The largest absolute Gasteiger partial charge is 0.472 e. The van der Waals surface area contributed by atoms with Crippen LogP contribution in [0, 0.1) is 5.82 Å². The predicted octanol–water partition coefficient (Wildman–Crippen LogP) is 5.79. The molecule has 2 aliphatic rings. The maximum atomic E-state index is 14.4. The summed E-state index contributed by atoms with van der Waals surface area (Å²) in [7, 11) is 2.14. The summed E-state index contributed by atoms with van der Waals surface area (Å²) in [5.74, 6) is -0.913. The van der Waals surface area contributed by atoms with Crippen molar-refractivity contribution >= 4 is 16.7 Å². The van der Waals surface area contributed by atoms with E-state index in [0.29, 0.717) is 37.7 Å². The van der Waals surface area contributed by atoms with Gasteiger partial charge < -0.3 is 15.0 Å². The Labute approximate surface area is 213 Å². The second-order valence-corrected chi connectivity index (χ2v) is 10.1. The Morgan fingerprint density at radius 2 is 1.92 bits per heavy atom. The monoisotopic (exact) mass is 520 g/mol. The molecule has 0 aromatic carbocycles. The number of pyridine rings is 2. The van der Waals surface area contributed by atoms with Gasteiger partial charge in [-0.15, -0.1) is 0 Å². The SMILES string of the molecule is CCNc1cc2c(cn1)c(C1CCCN(C)C1)nn2C1CCC(Oc2nccc(C(F)(F)F)c2F)CC1. The Morgan fingerprint density at radius 1 is 1.14 bits per heavy atom. The van der Waals surface area contributed by atoms with Crippen molar-refractivity contribution in [1.82, 2.24) is 24.6 Å². The van der Waals surface area contributed by atoms with E-state index in [2.05, 4.69) is 31.9 Å². The summed E-state index contributed by atoms with van der Waals surface area (Å²) in [6, 6.07) is 2.78. The number of rotatable bonds is 6. The van der Waals surface area contributed by atoms with Crippen LogP contribution in [0.25, 0.3) is 10.9 Å². The van der Waals surface area contributed by atoms with Gasteiger partial charge in [-0.05, 0) is 65.1 Å². The van der Waals surface area contributed by atoms with Gasteiger partial charge in [0.05, 0.1) is 22.8 Å². The summed E-state index contributed by atoms with van der Waals surface area (Å²) in [5.41, 5.74) is 0.745. The van der Waals surface area contributed by atoms with Crippen LogP contribution < -0.4 is 10.1 Å². The normalized spacial score (nSPS) is 23.4. The van der Waals surface area contributed by atoms with Crippen LogP contribution in [0.15, 0.2) is 24.5 Å². The molecule has 11 heteroatoms. The summed E-state index contributed by atoms with van der Waals surface area (Å²) in [6.07, 6.45) is 2.41. The minimum Gasteiger partial charge on any atom is -0.472 e. The van der Waals surface area contributed by atoms with E-state index in [4.69, 9.17) is 9.84 Å². The predicted molar refractivity (Wildman–Crippen MR) is 132 cm³/mol. The van der Waals surface area contributed by atoms with Crippen LogP contribution in [0.1, 0.15) is 68.7 Å². The first-order chi connectivity index (χ1) is 17.7. The van der Waals surface area contributed by atoms with Gasteiger partial charge in [-0.3, -0.25) is 4.68 Å². The van der Waals surface area contributed by atoms with Crippen LogP contribution in [-0.2, 0) is 6.18 Å². The Bertz CT molecular complexity index is 1240. The molecule has 0 bridgehead atoms. The maximum Gasteiger partial charge on any atom is 0.419 e. The van der Waals surface area contributed by atoms with Gasteiger partial charge >= 0.3 is 6.18 Å². The first kappa shape index (κ1) is 25.7. The Morgan fingerprint density at radius 3 is 2.62 bits per heavy atom. The zero-order valence-electron chi connectivity index (χ0n) is 21.1. The number of hydrogen-bond acceptors (Lipinski definition) is 6. The standard InChI is InChI=1S/C26H32F4N6O/c1-3-31-22-13-21-19(14-33-22)24(16-5-4-12-35(2)15-16)34-36(21)17-6-8-18(9-7-17)37-25-23(27)20(10-11-32-25)26(28,29)30/h10-11,13-14,16-18H,3-9,12,15H2,1-2H3,(H,31,33). The molecule has 3 aromatic rings. The molecule has 200 valence electrons. The fourth-order valence-corrected chi connectivity index (χ4v) is 5.59. The minimum absolute atomic E-state index is 0.105. The number of nitrogens with one attached hydrogen (secondary N) is 1. The van der Waals surface area contributed by atoms with Gasteiger partial charge in [0.1, 0.15) is 11.9 Å². The quantitative estimate of drug-likeness (QED) is 0.415. The number of aromatic nitrogens is 4. The Kier molecular flexibility index (Phi) is 7.24. The second-order valence-electron chi connectivity index (χ2n) is 10.1. The van der Waals surface area contributed by atoms with Crippen molar-refractivity contribution < 1.29 is 22.3 Å². The number of piperidine rings is 1. The highest BCUT2D eigenvalue weighted by Crippen LogP contribution is 2.38. The van der Waals surface area contributed by atoms with E-state index < -0.39 is 29.5 Å². The summed E-state index contributed by atoms with van der Waals surface area (Å²) in [5, 5.41) is 9.46. The molecule has 7 nitrogen and oxygen atoms in total. The number of fused-ring (bicyclic) bond motifs is 1. The number of alkyl halides is 3. The third kappa shape index (κ3) is 5.37. The third-order valence-electron chi connectivity index (χ3n) is 7.42. The van der Waals surface area contributed by atoms with E-state index in [1.807, 2.05) is 19.2 Å². The van der Waals surface area contributed by atoms with Crippen LogP contribution in [0.4, 0.5) is 23.4 Å². The summed E-state index contributed by atoms with van der Waals surface area (Å²) in [6.45, 7) is 4.83. The second kappa shape index (κ2) is 10.4. The van der Waals surface area contributed by atoms with E-state index in [1.54, 1.807) is 0 Å². The lowest BCUT2D eigenvalue weighted by Crippen LogP contribution is -2.31. The van der Waals surface area contributed by atoms with E-state index in [-0.39, 0.29) is 6.04 Å². The molecule has 1 atom stereocenters. The van der Waals surface area contributed by atoms with E-state index in [0.717, 1.165) is 61.1 Å². The van der Waals surface area contributed by atoms with Crippen molar-refractivity contribution in [3.05, 3.63) is 41.6 Å². The molecule has 3 aromatic heterocycles. The minimum atomic E-state index is -4.80. The molecule has 0 radical (unpaired) electrons. The first-order valence-corrected chi connectivity index (χ1v) is 12.9. The fraction of sp³-hybridized carbons (Fsp3) is 0.577. The van der Waals surface area contributed by atoms with Gasteiger partial charge in [-0.2, -0.15) is 18.3 Å². The molecule has 1 unspecified atom stereocenters. The zero-order valence-corrected chi connectivity index (χ0v) is 21.1. The van der Waals surface area contributed by atoms with E-state index >= 15 is 0 Å². The van der Waals surface area contributed by atoms with Crippen molar-refractivity contribution in [3.8, 4) is 5.88 Å². The fourth-order valence-electron chi connectivity index (χ4n) is 5.59. The van der Waals surface area contributed by atoms with Crippen molar-refractivity contribution in [2.24, 2.45) is 0 Å². The van der Waals surface area contributed by atoms with Crippen LogP contribution in [0.5, 0.6) is 5.88 Å². The van der Waals surface area contributed by atoms with Crippen molar-refractivity contribution in [1.29, 1.82) is 0 Å². The molecular weight excluding hydrogens is 488 g/mol. The molecule has 2 fully saturated rings. The summed E-state index contributed by atoms with van der Waals surface area (Å²) >= 11 is 0. The van der Waals surface area contributed by atoms with Gasteiger partial charge in [0, 0.05) is 42.9 Å². The number of likely N-dealkylation sites (tertiary alicyclic amines) is 1. The molecule has 0 spiro atoms. The lowest BCUT2D eigenvalue weighted by atomic mass is 9.92. The van der Waals surface area contributed by atoms with Gasteiger partial charge in [0.15, 0.2) is 5.82 Å². The number of ether oxygens (including phenoxy) is 1. The van der Waals surface area contributed by atoms with E-state index in [9.17, 15) is 17.6 Å². The number of anilines is 1.